The standard InChI is InChI=1S/C15H18FN3O2/c1-3-8-19-10-17-9-13(19)14(15(20)21-2)18-12-6-4-11(16)5-7-12/h4-7,9-10,14,18H,3,8H2,1-2H3. The molecule has 2 aromatic rings. The zero-order valence-electron chi connectivity index (χ0n) is 12.0. The first kappa shape index (κ1) is 15.0. The lowest BCUT2D eigenvalue weighted by Crippen LogP contribution is -2.25. The fourth-order valence-corrected chi connectivity index (χ4v) is 2.08. The summed E-state index contributed by atoms with van der Waals surface area (Å²) in [6.45, 7) is 2.80. The summed E-state index contributed by atoms with van der Waals surface area (Å²) in [6.07, 6.45) is 4.24. The summed E-state index contributed by atoms with van der Waals surface area (Å²) in [6, 6.07) is 5.13. The van der Waals surface area contributed by atoms with Gasteiger partial charge in [-0.1, -0.05) is 6.92 Å². The van der Waals surface area contributed by atoms with Gasteiger partial charge in [0.15, 0.2) is 6.04 Å². The van der Waals surface area contributed by atoms with Crippen LogP contribution in [0.2, 0.25) is 0 Å². The summed E-state index contributed by atoms with van der Waals surface area (Å²) >= 11 is 0. The Morgan fingerprint density at radius 3 is 2.76 bits per heavy atom. The van der Waals surface area contributed by atoms with Gasteiger partial charge in [0.05, 0.1) is 25.3 Å². The molecular weight excluding hydrogens is 273 g/mol. The molecule has 2 rings (SSSR count). The van der Waals surface area contributed by atoms with Gasteiger partial charge in [0.1, 0.15) is 5.82 Å². The Balaban J connectivity index is 2.28. The van der Waals surface area contributed by atoms with Gasteiger partial charge < -0.3 is 14.6 Å². The Morgan fingerprint density at radius 1 is 1.43 bits per heavy atom. The van der Waals surface area contributed by atoms with E-state index in [0.717, 1.165) is 13.0 Å². The molecule has 21 heavy (non-hydrogen) atoms. The first-order valence-electron chi connectivity index (χ1n) is 6.75. The van der Waals surface area contributed by atoms with E-state index in [2.05, 4.69) is 10.3 Å². The highest BCUT2D eigenvalue weighted by atomic mass is 19.1. The minimum Gasteiger partial charge on any atom is -0.467 e. The van der Waals surface area contributed by atoms with E-state index in [1.54, 1.807) is 24.7 Å². The molecule has 0 bridgehead atoms. The van der Waals surface area contributed by atoms with Crippen LogP contribution in [0.4, 0.5) is 10.1 Å². The van der Waals surface area contributed by atoms with Crippen molar-refractivity contribution in [3.05, 3.63) is 48.3 Å². The Morgan fingerprint density at radius 2 is 2.14 bits per heavy atom. The fraction of sp³-hybridized carbons (Fsp3) is 0.333. The highest BCUT2D eigenvalue weighted by Gasteiger charge is 2.24. The van der Waals surface area contributed by atoms with Crippen molar-refractivity contribution in [3.63, 3.8) is 0 Å². The van der Waals surface area contributed by atoms with Gasteiger partial charge in [-0.2, -0.15) is 0 Å². The molecule has 0 amide bonds. The molecule has 112 valence electrons. The molecule has 1 atom stereocenters. The van der Waals surface area contributed by atoms with Crippen LogP contribution < -0.4 is 5.32 Å². The van der Waals surface area contributed by atoms with Gasteiger partial charge in [-0.3, -0.25) is 0 Å². The van der Waals surface area contributed by atoms with Crippen LogP contribution in [0, 0.1) is 5.82 Å². The summed E-state index contributed by atoms with van der Waals surface area (Å²) in [5.74, 6) is -0.747. The molecule has 0 saturated heterocycles. The zero-order chi connectivity index (χ0) is 15.2. The molecule has 1 N–H and O–H groups in total. The number of hydrogen-bond acceptors (Lipinski definition) is 4. The van der Waals surface area contributed by atoms with Gasteiger partial charge >= 0.3 is 5.97 Å². The topological polar surface area (TPSA) is 56.2 Å². The molecule has 0 aliphatic carbocycles. The first-order valence-corrected chi connectivity index (χ1v) is 6.75. The monoisotopic (exact) mass is 291 g/mol. The predicted molar refractivity (Wildman–Crippen MR) is 77.3 cm³/mol. The molecule has 5 nitrogen and oxygen atoms in total. The average Bonchev–Trinajstić information content (AvgIpc) is 2.94. The lowest BCUT2D eigenvalue weighted by Gasteiger charge is -2.19. The third-order valence-corrected chi connectivity index (χ3v) is 3.10. The van der Waals surface area contributed by atoms with Crippen LogP contribution >= 0.6 is 0 Å². The van der Waals surface area contributed by atoms with Gasteiger partial charge in [-0.25, -0.2) is 14.2 Å². The number of ether oxygens (including phenoxy) is 1. The summed E-state index contributed by atoms with van der Waals surface area (Å²) in [7, 11) is 1.34. The van der Waals surface area contributed by atoms with Crippen LogP contribution in [0.25, 0.3) is 0 Å². The maximum atomic E-state index is 13.0. The fourth-order valence-electron chi connectivity index (χ4n) is 2.08. The van der Waals surface area contributed by atoms with Crippen LogP contribution in [0.1, 0.15) is 25.1 Å². The number of aromatic nitrogens is 2. The number of esters is 1. The molecule has 1 aromatic heterocycles. The van der Waals surface area contributed by atoms with Crippen LogP contribution in [-0.2, 0) is 16.1 Å². The summed E-state index contributed by atoms with van der Waals surface area (Å²) in [5, 5.41) is 3.06. The number of methoxy groups -OCH3 is 1. The number of rotatable bonds is 6. The average molecular weight is 291 g/mol. The van der Waals surface area contributed by atoms with Crippen molar-refractivity contribution < 1.29 is 13.9 Å². The molecule has 1 aromatic carbocycles. The first-order chi connectivity index (χ1) is 10.2. The lowest BCUT2D eigenvalue weighted by molar-refractivity contribution is -0.141. The van der Waals surface area contributed by atoms with Crippen molar-refractivity contribution in [2.75, 3.05) is 12.4 Å². The van der Waals surface area contributed by atoms with E-state index in [9.17, 15) is 9.18 Å². The number of nitrogens with zero attached hydrogens (tertiary/aromatic N) is 2. The Bertz CT molecular complexity index is 595. The molecular formula is C15H18FN3O2. The summed E-state index contributed by atoms with van der Waals surface area (Å²) < 4.78 is 19.7. The Labute approximate surface area is 122 Å². The van der Waals surface area contributed by atoms with E-state index in [1.807, 2.05) is 11.5 Å². The molecule has 0 fully saturated rings. The number of carbonyl (C=O) groups is 1. The van der Waals surface area contributed by atoms with Gasteiger partial charge in [0, 0.05) is 12.2 Å². The van der Waals surface area contributed by atoms with Crippen molar-refractivity contribution in [2.45, 2.75) is 25.9 Å². The molecule has 1 unspecified atom stereocenters. The van der Waals surface area contributed by atoms with Crippen molar-refractivity contribution in [1.82, 2.24) is 9.55 Å². The third kappa shape index (κ3) is 3.59. The van der Waals surface area contributed by atoms with Crippen LogP contribution in [-0.4, -0.2) is 22.6 Å². The van der Waals surface area contributed by atoms with E-state index in [0.29, 0.717) is 11.4 Å². The molecule has 0 saturated carbocycles. The Hall–Kier alpha value is -2.37. The minimum atomic E-state index is -0.686. The van der Waals surface area contributed by atoms with Gasteiger partial charge in [-0.15, -0.1) is 0 Å². The molecule has 0 spiro atoms. The number of halogens is 1. The smallest absolute Gasteiger partial charge is 0.334 e. The summed E-state index contributed by atoms with van der Waals surface area (Å²) in [5.41, 5.74) is 1.35. The number of benzene rings is 1. The van der Waals surface area contributed by atoms with Crippen molar-refractivity contribution in [1.29, 1.82) is 0 Å². The largest absolute Gasteiger partial charge is 0.467 e. The summed E-state index contributed by atoms with van der Waals surface area (Å²) in [4.78, 5) is 16.1. The van der Waals surface area contributed by atoms with E-state index >= 15 is 0 Å². The third-order valence-electron chi connectivity index (χ3n) is 3.10. The molecule has 0 radical (unpaired) electrons. The number of nitrogens with one attached hydrogen (secondary N) is 1. The van der Waals surface area contributed by atoms with Gasteiger partial charge in [0.2, 0.25) is 0 Å². The number of anilines is 1. The predicted octanol–water partition coefficient (Wildman–Crippen LogP) is 2.76. The molecule has 6 heteroatoms. The maximum Gasteiger partial charge on any atom is 0.334 e. The van der Waals surface area contributed by atoms with E-state index < -0.39 is 12.0 Å². The van der Waals surface area contributed by atoms with Gasteiger partial charge in [0.25, 0.3) is 0 Å². The second-order valence-corrected chi connectivity index (χ2v) is 4.62. The quantitative estimate of drug-likeness (QED) is 0.831. The number of aryl methyl sites for hydroxylation is 1. The van der Waals surface area contributed by atoms with E-state index in [-0.39, 0.29) is 5.82 Å². The van der Waals surface area contributed by atoms with Crippen LogP contribution in [0.15, 0.2) is 36.8 Å². The second kappa shape index (κ2) is 6.88. The van der Waals surface area contributed by atoms with Gasteiger partial charge in [-0.05, 0) is 30.7 Å². The number of imidazole rings is 1. The zero-order valence-corrected chi connectivity index (χ0v) is 12.0. The highest BCUT2D eigenvalue weighted by Crippen LogP contribution is 2.21. The number of hydrogen-bond donors (Lipinski definition) is 1. The number of carbonyl (C=O) groups excluding carboxylic acids is 1. The molecule has 0 aliphatic rings. The highest BCUT2D eigenvalue weighted by molar-refractivity contribution is 5.80. The van der Waals surface area contributed by atoms with Crippen LogP contribution in [0.3, 0.4) is 0 Å². The minimum absolute atomic E-state index is 0.328. The Kier molecular flexibility index (Phi) is 4.92. The van der Waals surface area contributed by atoms with E-state index in [4.69, 9.17) is 4.74 Å². The second-order valence-electron chi connectivity index (χ2n) is 4.62. The van der Waals surface area contributed by atoms with E-state index in [1.165, 1.54) is 19.2 Å². The normalized spacial score (nSPS) is 12.0. The SMILES string of the molecule is CCCn1cncc1C(Nc1ccc(F)cc1)C(=O)OC. The maximum absolute atomic E-state index is 13.0. The van der Waals surface area contributed by atoms with Crippen molar-refractivity contribution in [2.24, 2.45) is 0 Å². The van der Waals surface area contributed by atoms with Crippen molar-refractivity contribution in [3.8, 4) is 0 Å². The van der Waals surface area contributed by atoms with Crippen LogP contribution in [0.5, 0.6) is 0 Å². The lowest BCUT2D eigenvalue weighted by atomic mass is 10.2. The van der Waals surface area contributed by atoms with Crippen molar-refractivity contribution >= 4 is 11.7 Å². The molecule has 1 heterocycles. The molecule has 0 aliphatic heterocycles.